The quantitative estimate of drug-likeness (QED) is 0.367. The van der Waals surface area contributed by atoms with Gasteiger partial charge in [0, 0.05) is 29.8 Å². The Morgan fingerprint density at radius 3 is 2.42 bits per heavy atom. The number of nitrogens with two attached hydrogens (primary N) is 1. The number of anilines is 2. The molecule has 0 atom stereocenters. The summed E-state index contributed by atoms with van der Waals surface area (Å²) in [6.07, 6.45) is 2.36. The van der Waals surface area contributed by atoms with Gasteiger partial charge in [-0.3, -0.25) is 14.9 Å². The average Bonchev–Trinajstić information content (AvgIpc) is 2.83. The minimum atomic E-state index is -3.72. The highest BCUT2D eigenvalue weighted by Crippen LogP contribution is 2.34. The maximum atomic E-state index is 13.1. The molecule has 3 aromatic carbocycles. The van der Waals surface area contributed by atoms with Crippen molar-refractivity contribution in [3.63, 3.8) is 0 Å². The van der Waals surface area contributed by atoms with Crippen molar-refractivity contribution in [2.75, 3.05) is 16.2 Å². The first-order valence-electron chi connectivity index (χ1n) is 10.8. The molecule has 170 valence electrons. The minimum absolute atomic E-state index is 0.00494. The molecule has 0 spiro atoms. The van der Waals surface area contributed by atoms with E-state index in [1.165, 1.54) is 0 Å². The molecule has 0 aromatic heterocycles. The standard InChI is InChI=1S/C25H26N4O3S/c26-25(27)19-14-11-18(12-15-19)13-16-24(30)29-17-5-8-21-22(9-4-10-23(21)29)28-33(31,32)20-6-2-1-3-7-20/h1-4,6-7,9-12,14-15,28H,5,8,13,16-17H2,(H3,26,27). The van der Waals surface area contributed by atoms with Gasteiger partial charge in [-0.2, -0.15) is 0 Å². The van der Waals surface area contributed by atoms with Gasteiger partial charge in [0.2, 0.25) is 5.91 Å². The van der Waals surface area contributed by atoms with Gasteiger partial charge in [-0.05, 0) is 49.1 Å². The van der Waals surface area contributed by atoms with Crippen LogP contribution in [-0.4, -0.2) is 26.7 Å². The molecule has 7 nitrogen and oxygen atoms in total. The molecular weight excluding hydrogens is 436 g/mol. The number of nitrogens with zero attached hydrogens (tertiary/aromatic N) is 1. The van der Waals surface area contributed by atoms with Crippen LogP contribution in [0.5, 0.6) is 0 Å². The maximum absolute atomic E-state index is 13.1. The molecule has 4 rings (SSSR count). The molecular formula is C25H26N4O3S. The van der Waals surface area contributed by atoms with E-state index in [1.807, 2.05) is 18.2 Å². The summed E-state index contributed by atoms with van der Waals surface area (Å²) >= 11 is 0. The number of nitrogen functional groups attached to an aromatic ring is 1. The fourth-order valence-corrected chi connectivity index (χ4v) is 5.13. The third kappa shape index (κ3) is 5.06. The van der Waals surface area contributed by atoms with E-state index in [0.29, 0.717) is 37.1 Å². The van der Waals surface area contributed by atoms with Gasteiger partial charge in [0.15, 0.2) is 0 Å². The Kier molecular flexibility index (Phi) is 6.46. The van der Waals surface area contributed by atoms with Crippen molar-refractivity contribution in [1.29, 1.82) is 5.41 Å². The Labute approximate surface area is 193 Å². The van der Waals surface area contributed by atoms with E-state index in [-0.39, 0.29) is 16.6 Å². The molecule has 1 amide bonds. The summed E-state index contributed by atoms with van der Waals surface area (Å²) in [6.45, 7) is 0.601. The van der Waals surface area contributed by atoms with E-state index in [9.17, 15) is 13.2 Å². The number of carbonyl (C=O) groups excluding carboxylic acids is 1. The Morgan fingerprint density at radius 2 is 1.73 bits per heavy atom. The molecule has 0 saturated carbocycles. The third-order valence-corrected chi connectivity index (χ3v) is 7.12. The predicted molar refractivity (Wildman–Crippen MR) is 130 cm³/mol. The van der Waals surface area contributed by atoms with Crippen LogP contribution in [0.25, 0.3) is 0 Å². The summed E-state index contributed by atoms with van der Waals surface area (Å²) in [6, 6.07) is 20.9. The number of benzene rings is 3. The smallest absolute Gasteiger partial charge is 0.261 e. The van der Waals surface area contributed by atoms with Gasteiger partial charge in [0.05, 0.1) is 10.6 Å². The average molecular weight is 463 g/mol. The monoisotopic (exact) mass is 462 g/mol. The van der Waals surface area contributed by atoms with Crippen molar-refractivity contribution in [1.82, 2.24) is 0 Å². The van der Waals surface area contributed by atoms with Crippen molar-refractivity contribution in [2.24, 2.45) is 5.73 Å². The van der Waals surface area contributed by atoms with Crippen LogP contribution >= 0.6 is 0 Å². The number of nitrogens with one attached hydrogen (secondary N) is 2. The molecule has 3 aromatic rings. The first kappa shape index (κ1) is 22.5. The first-order chi connectivity index (χ1) is 15.8. The molecule has 0 unspecified atom stereocenters. The lowest BCUT2D eigenvalue weighted by atomic mass is 9.99. The molecule has 33 heavy (non-hydrogen) atoms. The highest BCUT2D eigenvalue weighted by atomic mass is 32.2. The fraction of sp³-hybridized carbons (Fsp3) is 0.200. The Morgan fingerprint density at radius 1 is 1.00 bits per heavy atom. The molecule has 0 aliphatic carbocycles. The van der Waals surface area contributed by atoms with E-state index in [0.717, 1.165) is 23.2 Å². The second kappa shape index (κ2) is 9.46. The number of carbonyl (C=O) groups is 1. The summed E-state index contributed by atoms with van der Waals surface area (Å²) in [5, 5.41) is 7.47. The zero-order valence-corrected chi connectivity index (χ0v) is 18.9. The molecule has 0 bridgehead atoms. The van der Waals surface area contributed by atoms with Crippen LogP contribution in [0.4, 0.5) is 11.4 Å². The van der Waals surface area contributed by atoms with E-state index in [1.54, 1.807) is 59.5 Å². The zero-order chi connectivity index (χ0) is 23.4. The lowest BCUT2D eigenvalue weighted by Crippen LogP contribution is -2.36. The second-order valence-electron chi connectivity index (χ2n) is 7.98. The van der Waals surface area contributed by atoms with Gasteiger partial charge in [-0.25, -0.2) is 8.42 Å². The van der Waals surface area contributed by atoms with Crippen LogP contribution < -0.4 is 15.4 Å². The predicted octanol–water partition coefficient (Wildman–Crippen LogP) is 3.68. The van der Waals surface area contributed by atoms with Crippen LogP contribution in [0.2, 0.25) is 0 Å². The maximum Gasteiger partial charge on any atom is 0.261 e. The molecule has 1 heterocycles. The molecule has 1 aliphatic rings. The van der Waals surface area contributed by atoms with Gasteiger partial charge < -0.3 is 10.6 Å². The Balaban J connectivity index is 1.51. The summed E-state index contributed by atoms with van der Waals surface area (Å²) in [5.74, 6) is 0.0101. The van der Waals surface area contributed by atoms with Gasteiger partial charge in [0.25, 0.3) is 10.0 Å². The van der Waals surface area contributed by atoms with Crippen LogP contribution in [0.3, 0.4) is 0 Å². The molecule has 1 aliphatic heterocycles. The minimum Gasteiger partial charge on any atom is -0.384 e. The number of rotatable bonds is 7. The summed E-state index contributed by atoms with van der Waals surface area (Å²) in [4.78, 5) is 15.0. The van der Waals surface area contributed by atoms with Crippen LogP contribution in [0, 0.1) is 5.41 Å². The second-order valence-corrected chi connectivity index (χ2v) is 9.66. The van der Waals surface area contributed by atoms with Crippen molar-refractivity contribution in [2.45, 2.75) is 30.6 Å². The van der Waals surface area contributed by atoms with E-state index >= 15 is 0 Å². The first-order valence-corrected chi connectivity index (χ1v) is 12.3. The van der Waals surface area contributed by atoms with Crippen LogP contribution in [0.1, 0.15) is 29.5 Å². The molecule has 8 heteroatoms. The van der Waals surface area contributed by atoms with Crippen molar-refractivity contribution < 1.29 is 13.2 Å². The Hall–Kier alpha value is -3.65. The summed E-state index contributed by atoms with van der Waals surface area (Å²) in [5.41, 5.74) is 9.24. The largest absolute Gasteiger partial charge is 0.384 e. The molecule has 0 radical (unpaired) electrons. The van der Waals surface area contributed by atoms with Gasteiger partial charge in [-0.15, -0.1) is 0 Å². The van der Waals surface area contributed by atoms with Crippen LogP contribution in [0.15, 0.2) is 77.7 Å². The topological polar surface area (TPSA) is 116 Å². The number of sulfonamides is 1. The highest BCUT2D eigenvalue weighted by molar-refractivity contribution is 7.92. The van der Waals surface area contributed by atoms with Crippen LogP contribution in [-0.2, 0) is 27.7 Å². The van der Waals surface area contributed by atoms with E-state index in [2.05, 4.69) is 4.72 Å². The number of hydrogen-bond acceptors (Lipinski definition) is 4. The summed E-state index contributed by atoms with van der Waals surface area (Å²) < 4.78 is 28.3. The molecule has 0 fully saturated rings. The van der Waals surface area contributed by atoms with Gasteiger partial charge in [-0.1, -0.05) is 48.5 Å². The highest BCUT2D eigenvalue weighted by Gasteiger charge is 2.25. The number of fused-ring (bicyclic) bond motifs is 1. The van der Waals surface area contributed by atoms with Crippen molar-refractivity contribution in [3.8, 4) is 0 Å². The Bertz CT molecular complexity index is 1270. The van der Waals surface area contributed by atoms with Gasteiger partial charge >= 0.3 is 0 Å². The fourth-order valence-electron chi connectivity index (χ4n) is 4.02. The number of amidine groups is 1. The van der Waals surface area contributed by atoms with E-state index < -0.39 is 10.0 Å². The van der Waals surface area contributed by atoms with Crippen molar-refractivity contribution >= 4 is 33.1 Å². The normalized spacial score (nSPS) is 13.3. The third-order valence-electron chi connectivity index (χ3n) is 5.74. The zero-order valence-electron chi connectivity index (χ0n) is 18.1. The van der Waals surface area contributed by atoms with E-state index in [4.69, 9.17) is 11.1 Å². The molecule has 0 saturated heterocycles. The molecule has 4 N–H and O–H groups in total. The lowest BCUT2D eigenvalue weighted by molar-refractivity contribution is -0.118. The SMILES string of the molecule is N=C(N)c1ccc(CCC(=O)N2CCCc3c(NS(=O)(=O)c4ccccc4)cccc32)cc1. The number of amides is 1. The number of aryl methyl sites for hydroxylation is 1. The summed E-state index contributed by atoms with van der Waals surface area (Å²) in [7, 11) is -3.72. The number of hydrogen-bond donors (Lipinski definition) is 3. The lowest BCUT2D eigenvalue weighted by Gasteiger charge is -2.31. The van der Waals surface area contributed by atoms with Crippen molar-refractivity contribution in [3.05, 3.63) is 89.5 Å². The van der Waals surface area contributed by atoms with Gasteiger partial charge in [0.1, 0.15) is 5.84 Å².